The largest absolute Gasteiger partial charge is 0.370 e. The molecular weight excluding hydrogens is 260 g/mol. The summed E-state index contributed by atoms with van der Waals surface area (Å²) in [6.07, 6.45) is 9.32. The molecule has 0 amide bonds. The topological polar surface area (TPSA) is 41.1 Å². The lowest BCUT2D eigenvalue weighted by Crippen LogP contribution is -2.24. The van der Waals surface area contributed by atoms with E-state index in [-0.39, 0.29) is 0 Å². The van der Waals surface area contributed by atoms with Crippen LogP contribution in [0.15, 0.2) is 6.33 Å². The Kier molecular flexibility index (Phi) is 4.61. The minimum atomic E-state index is 0.904. The summed E-state index contributed by atoms with van der Waals surface area (Å²) in [6.45, 7) is 7.81. The van der Waals surface area contributed by atoms with E-state index in [0.717, 1.165) is 43.5 Å². The van der Waals surface area contributed by atoms with E-state index in [1.807, 2.05) is 0 Å². The van der Waals surface area contributed by atoms with Crippen molar-refractivity contribution in [3.8, 4) is 0 Å². The van der Waals surface area contributed by atoms with Crippen LogP contribution in [0.3, 0.4) is 0 Å². The third kappa shape index (κ3) is 2.99. The molecule has 2 atom stereocenters. The molecular formula is C17H28N4. The molecule has 21 heavy (non-hydrogen) atoms. The van der Waals surface area contributed by atoms with Crippen LogP contribution in [-0.2, 0) is 6.42 Å². The second kappa shape index (κ2) is 6.63. The number of rotatable bonds is 6. The normalized spacial score (nSPS) is 24.4. The van der Waals surface area contributed by atoms with Gasteiger partial charge in [0.15, 0.2) is 0 Å². The van der Waals surface area contributed by atoms with Gasteiger partial charge in [-0.2, -0.15) is 0 Å². The number of hydrogen-bond acceptors (Lipinski definition) is 4. The molecule has 1 saturated carbocycles. The van der Waals surface area contributed by atoms with E-state index in [0.29, 0.717) is 0 Å². The van der Waals surface area contributed by atoms with Gasteiger partial charge in [0.1, 0.15) is 18.0 Å². The summed E-state index contributed by atoms with van der Waals surface area (Å²) < 4.78 is 0. The maximum absolute atomic E-state index is 4.65. The van der Waals surface area contributed by atoms with Gasteiger partial charge in [-0.15, -0.1) is 0 Å². The molecule has 4 heteroatoms. The van der Waals surface area contributed by atoms with Crippen LogP contribution in [0, 0.1) is 11.8 Å². The highest BCUT2D eigenvalue weighted by atomic mass is 15.2. The highest BCUT2D eigenvalue weighted by Crippen LogP contribution is 2.40. The van der Waals surface area contributed by atoms with Crippen LogP contribution in [0.4, 0.5) is 11.6 Å². The van der Waals surface area contributed by atoms with Crippen LogP contribution in [-0.4, -0.2) is 29.6 Å². The Labute approximate surface area is 128 Å². The van der Waals surface area contributed by atoms with Gasteiger partial charge in [0, 0.05) is 25.2 Å². The van der Waals surface area contributed by atoms with Crippen molar-refractivity contribution < 1.29 is 0 Å². The van der Waals surface area contributed by atoms with Gasteiger partial charge in [-0.3, -0.25) is 0 Å². The minimum absolute atomic E-state index is 0.904. The molecule has 0 spiro atoms. The van der Waals surface area contributed by atoms with Crippen LogP contribution >= 0.6 is 0 Å². The average molecular weight is 288 g/mol. The minimum Gasteiger partial charge on any atom is -0.370 e. The predicted molar refractivity (Wildman–Crippen MR) is 87.9 cm³/mol. The number of nitrogens with zero attached hydrogens (tertiary/aromatic N) is 3. The second-order valence-corrected chi connectivity index (χ2v) is 6.56. The molecule has 1 aromatic rings. The van der Waals surface area contributed by atoms with E-state index in [1.165, 1.54) is 43.7 Å². The molecule has 2 unspecified atom stereocenters. The van der Waals surface area contributed by atoms with Gasteiger partial charge in [0.25, 0.3) is 0 Å². The first-order chi connectivity index (χ1) is 10.3. The molecule has 1 saturated heterocycles. The Balaban J connectivity index is 1.83. The molecule has 0 radical (unpaired) electrons. The fraction of sp³-hybridized carbons (Fsp3) is 0.765. The van der Waals surface area contributed by atoms with E-state index in [9.17, 15) is 0 Å². The SMILES string of the molecule is CCCNc1ncnc(N2CC3CCCC3C2)c1CCC. The van der Waals surface area contributed by atoms with Crippen molar-refractivity contribution in [2.75, 3.05) is 29.9 Å². The Hall–Kier alpha value is -1.32. The molecule has 2 fully saturated rings. The first-order valence-electron chi connectivity index (χ1n) is 8.66. The first kappa shape index (κ1) is 14.6. The van der Waals surface area contributed by atoms with Crippen molar-refractivity contribution in [3.63, 3.8) is 0 Å². The van der Waals surface area contributed by atoms with Crippen molar-refractivity contribution in [1.82, 2.24) is 9.97 Å². The van der Waals surface area contributed by atoms with Crippen LogP contribution in [0.2, 0.25) is 0 Å². The van der Waals surface area contributed by atoms with Crippen molar-refractivity contribution in [2.24, 2.45) is 11.8 Å². The van der Waals surface area contributed by atoms with Crippen LogP contribution < -0.4 is 10.2 Å². The Bertz CT molecular complexity index is 462. The molecule has 116 valence electrons. The number of nitrogens with one attached hydrogen (secondary N) is 1. The lowest BCUT2D eigenvalue weighted by Gasteiger charge is -2.23. The first-order valence-corrected chi connectivity index (χ1v) is 8.66. The van der Waals surface area contributed by atoms with Crippen molar-refractivity contribution in [2.45, 2.75) is 52.4 Å². The molecule has 1 aromatic heterocycles. The summed E-state index contributed by atoms with van der Waals surface area (Å²) in [5.41, 5.74) is 1.33. The molecule has 2 aliphatic rings. The zero-order chi connectivity index (χ0) is 14.7. The van der Waals surface area contributed by atoms with E-state index < -0.39 is 0 Å². The van der Waals surface area contributed by atoms with E-state index in [2.05, 4.69) is 34.0 Å². The van der Waals surface area contributed by atoms with Crippen LogP contribution in [0.1, 0.15) is 51.5 Å². The van der Waals surface area contributed by atoms with Crippen LogP contribution in [0.5, 0.6) is 0 Å². The van der Waals surface area contributed by atoms with E-state index >= 15 is 0 Å². The van der Waals surface area contributed by atoms with E-state index in [4.69, 9.17) is 0 Å². The summed E-state index contributed by atoms with van der Waals surface area (Å²) in [7, 11) is 0. The molecule has 1 N–H and O–H groups in total. The molecule has 0 aromatic carbocycles. The fourth-order valence-electron chi connectivity index (χ4n) is 3.96. The summed E-state index contributed by atoms with van der Waals surface area (Å²) in [5, 5.41) is 3.48. The predicted octanol–water partition coefficient (Wildman–Crippen LogP) is 3.49. The quantitative estimate of drug-likeness (QED) is 0.870. The van der Waals surface area contributed by atoms with Crippen LogP contribution in [0.25, 0.3) is 0 Å². The zero-order valence-corrected chi connectivity index (χ0v) is 13.4. The second-order valence-electron chi connectivity index (χ2n) is 6.56. The van der Waals surface area contributed by atoms with E-state index in [1.54, 1.807) is 6.33 Å². The number of anilines is 2. The Morgan fingerprint density at radius 2 is 1.90 bits per heavy atom. The maximum Gasteiger partial charge on any atom is 0.137 e. The van der Waals surface area contributed by atoms with Gasteiger partial charge in [0.2, 0.25) is 0 Å². The van der Waals surface area contributed by atoms with Gasteiger partial charge < -0.3 is 10.2 Å². The molecule has 1 aliphatic heterocycles. The number of hydrogen-bond donors (Lipinski definition) is 1. The maximum atomic E-state index is 4.65. The number of aromatic nitrogens is 2. The Morgan fingerprint density at radius 1 is 1.14 bits per heavy atom. The lowest BCUT2D eigenvalue weighted by molar-refractivity contribution is 0.494. The van der Waals surface area contributed by atoms with Gasteiger partial charge in [-0.1, -0.05) is 26.7 Å². The van der Waals surface area contributed by atoms with Gasteiger partial charge in [0.05, 0.1) is 0 Å². The van der Waals surface area contributed by atoms with Crippen molar-refractivity contribution >= 4 is 11.6 Å². The summed E-state index contributed by atoms with van der Waals surface area (Å²) >= 11 is 0. The molecule has 4 nitrogen and oxygen atoms in total. The third-order valence-electron chi connectivity index (χ3n) is 4.99. The number of fused-ring (bicyclic) bond motifs is 1. The molecule has 0 bridgehead atoms. The standard InChI is InChI=1S/C17H28N4/c1-3-6-15-16(18-9-4-2)19-12-20-17(15)21-10-13-7-5-8-14(13)11-21/h12-14H,3-11H2,1-2H3,(H,18,19,20). The molecule has 3 rings (SSSR count). The average Bonchev–Trinajstić information content (AvgIpc) is 3.07. The molecule has 1 aliphatic carbocycles. The van der Waals surface area contributed by atoms with Gasteiger partial charge in [-0.05, 0) is 37.5 Å². The smallest absolute Gasteiger partial charge is 0.137 e. The van der Waals surface area contributed by atoms with Gasteiger partial charge in [-0.25, -0.2) is 9.97 Å². The highest BCUT2D eigenvalue weighted by molar-refractivity contribution is 5.59. The van der Waals surface area contributed by atoms with Crippen molar-refractivity contribution in [1.29, 1.82) is 0 Å². The fourth-order valence-corrected chi connectivity index (χ4v) is 3.96. The summed E-state index contributed by atoms with van der Waals surface area (Å²) in [4.78, 5) is 11.7. The molecule has 2 heterocycles. The Morgan fingerprint density at radius 3 is 2.57 bits per heavy atom. The summed E-state index contributed by atoms with van der Waals surface area (Å²) in [5.74, 6) is 4.06. The zero-order valence-electron chi connectivity index (χ0n) is 13.4. The lowest BCUT2D eigenvalue weighted by atomic mass is 10.0. The van der Waals surface area contributed by atoms with Crippen molar-refractivity contribution in [3.05, 3.63) is 11.9 Å². The summed E-state index contributed by atoms with van der Waals surface area (Å²) in [6, 6.07) is 0. The van der Waals surface area contributed by atoms with Gasteiger partial charge >= 0.3 is 0 Å². The third-order valence-corrected chi connectivity index (χ3v) is 4.99. The highest BCUT2D eigenvalue weighted by Gasteiger charge is 2.37. The monoisotopic (exact) mass is 288 g/mol.